The largest absolute Gasteiger partial charge is 0.464 e. The van der Waals surface area contributed by atoms with Crippen LogP contribution in [-0.4, -0.2) is 40.9 Å². The fourth-order valence-corrected chi connectivity index (χ4v) is 4.89. The zero-order valence-corrected chi connectivity index (χ0v) is 16.5. The molecule has 0 amide bonds. The Balaban J connectivity index is 1.61. The van der Waals surface area contributed by atoms with Crippen molar-refractivity contribution in [1.29, 1.82) is 0 Å². The minimum atomic E-state index is -0.400. The highest BCUT2D eigenvalue weighted by Crippen LogP contribution is 2.49. The van der Waals surface area contributed by atoms with E-state index in [9.17, 15) is 4.79 Å². The predicted octanol–water partition coefficient (Wildman–Crippen LogP) is 3.93. The first kappa shape index (κ1) is 17.0. The summed E-state index contributed by atoms with van der Waals surface area (Å²) in [4.78, 5) is 19.6. The van der Waals surface area contributed by atoms with Gasteiger partial charge in [-0.05, 0) is 49.3 Å². The third-order valence-corrected chi connectivity index (χ3v) is 6.85. The van der Waals surface area contributed by atoms with Gasteiger partial charge in [0.2, 0.25) is 0 Å². The Labute approximate surface area is 169 Å². The number of hydrogen-bond acceptors (Lipinski definition) is 5. The number of methoxy groups -OCH3 is 1. The molecule has 1 aromatic carbocycles. The summed E-state index contributed by atoms with van der Waals surface area (Å²) in [6, 6.07) is 12.0. The van der Waals surface area contributed by atoms with Crippen LogP contribution in [0.25, 0.3) is 16.7 Å². The predicted molar refractivity (Wildman–Crippen MR) is 111 cm³/mol. The van der Waals surface area contributed by atoms with Gasteiger partial charge in [0.1, 0.15) is 0 Å². The molecule has 0 N–H and O–H groups in total. The zero-order chi connectivity index (χ0) is 19.5. The van der Waals surface area contributed by atoms with E-state index >= 15 is 0 Å². The first-order chi connectivity index (χ1) is 14.2. The summed E-state index contributed by atoms with van der Waals surface area (Å²) in [5, 5.41) is 6.16. The lowest BCUT2D eigenvalue weighted by Crippen LogP contribution is -2.23. The van der Waals surface area contributed by atoms with Crippen LogP contribution in [0.2, 0.25) is 0 Å². The van der Waals surface area contributed by atoms with E-state index in [-0.39, 0.29) is 0 Å². The normalized spacial score (nSPS) is 23.1. The van der Waals surface area contributed by atoms with Crippen LogP contribution in [0.15, 0.2) is 36.4 Å². The lowest BCUT2D eigenvalue weighted by molar-refractivity contribution is 0.0594. The highest BCUT2D eigenvalue weighted by Gasteiger charge is 2.46. The van der Waals surface area contributed by atoms with Gasteiger partial charge >= 0.3 is 5.97 Å². The number of pyridine rings is 1. The van der Waals surface area contributed by atoms with Gasteiger partial charge in [0, 0.05) is 19.0 Å². The molecule has 2 aromatic heterocycles. The zero-order valence-electron chi connectivity index (χ0n) is 16.5. The number of anilines is 1. The van der Waals surface area contributed by atoms with Crippen LogP contribution in [0.3, 0.4) is 0 Å². The fraction of sp³-hybridized carbons (Fsp3) is 0.435. The Morgan fingerprint density at radius 1 is 1.14 bits per heavy atom. The summed E-state index contributed by atoms with van der Waals surface area (Å²) in [5.41, 5.74) is 4.32. The van der Waals surface area contributed by atoms with Crippen molar-refractivity contribution < 1.29 is 9.53 Å². The Bertz CT molecular complexity index is 1090. The van der Waals surface area contributed by atoms with E-state index in [4.69, 9.17) is 14.8 Å². The minimum absolute atomic E-state index is 0.354. The molecule has 2 unspecified atom stereocenters. The monoisotopic (exact) mass is 388 g/mol. The second-order valence-electron chi connectivity index (χ2n) is 8.64. The summed E-state index contributed by atoms with van der Waals surface area (Å²) in [6.45, 7) is 2.12. The first-order valence-electron chi connectivity index (χ1n) is 10.6. The number of rotatable bonds is 4. The molecule has 2 atom stereocenters. The molecule has 0 bridgehead atoms. The molecule has 2 saturated carbocycles. The number of benzene rings is 1. The smallest absolute Gasteiger partial charge is 0.356 e. The minimum Gasteiger partial charge on any atom is -0.464 e. The number of esters is 1. The van der Waals surface area contributed by atoms with Crippen molar-refractivity contribution >= 4 is 22.7 Å². The number of hydrogen-bond donors (Lipinski definition) is 0. The van der Waals surface area contributed by atoms with Crippen LogP contribution < -0.4 is 4.90 Å². The van der Waals surface area contributed by atoms with Crippen LogP contribution in [0.1, 0.15) is 47.8 Å². The molecule has 0 spiro atoms. The molecular weight excluding hydrogens is 364 g/mol. The molecule has 1 saturated heterocycles. The maximum Gasteiger partial charge on any atom is 0.356 e. The molecule has 2 aliphatic carbocycles. The van der Waals surface area contributed by atoms with Gasteiger partial charge in [0.25, 0.3) is 0 Å². The van der Waals surface area contributed by atoms with Crippen LogP contribution in [0.5, 0.6) is 0 Å². The summed E-state index contributed by atoms with van der Waals surface area (Å²) < 4.78 is 6.93. The topological polar surface area (TPSA) is 60.2 Å². The Morgan fingerprint density at radius 2 is 1.90 bits per heavy atom. The van der Waals surface area contributed by atoms with E-state index in [1.807, 2.05) is 41.1 Å². The number of carbonyl (C=O) groups excluding carboxylic acids is 1. The molecule has 29 heavy (non-hydrogen) atoms. The van der Waals surface area contributed by atoms with Crippen molar-refractivity contribution in [2.75, 3.05) is 25.1 Å². The van der Waals surface area contributed by atoms with Gasteiger partial charge in [-0.3, -0.25) is 0 Å². The van der Waals surface area contributed by atoms with Crippen LogP contribution in [0.4, 0.5) is 5.69 Å². The van der Waals surface area contributed by atoms with Crippen molar-refractivity contribution in [3.05, 3.63) is 47.8 Å². The van der Waals surface area contributed by atoms with Gasteiger partial charge in [-0.15, -0.1) is 0 Å². The van der Waals surface area contributed by atoms with E-state index in [0.29, 0.717) is 11.6 Å². The number of aromatic nitrogens is 3. The number of para-hydroxylation sites is 1. The van der Waals surface area contributed by atoms with E-state index in [1.165, 1.54) is 32.8 Å². The average molecular weight is 388 g/mol. The number of piperidine rings is 1. The van der Waals surface area contributed by atoms with Crippen molar-refractivity contribution in [3.8, 4) is 5.69 Å². The van der Waals surface area contributed by atoms with Gasteiger partial charge in [-0.1, -0.05) is 24.6 Å². The summed E-state index contributed by atoms with van der Waals surface area (Å²) in [5.74, 6) is 1.68. The summed E-state index contributed by atoms with van der Waals surface area (Å²) in [6.07, 6.45) is 4.93. The third-order valence-electron chi connectivity index (χ3n) is 6.85. The molecule has 3 aliphatic rings. The molecule has 6 rings (SSSR count). The highest BCUT2D eigenvalue weighted by atomic mass is 16.5. The number of ether oxygens (including phenoxy) is 1. The SMILES string of the molecule is COC(=O)c1cc(N2CC3CC3C2)c2c(C3CCC3)nn(-c3ccccc3)c2n1. The first-order valence-corrected chi connectivity index (χ1v) is 10.6. The van der Waals surface area contributed by atoms with Crippen molar-refractivity contribution in [3.63, 3.8) is 0 Å². The maximum absolute atomic E-state index is 12.4. The Hall–Kier alpha value is -2.89. The van der Waals surface area contributed by atoms with E-state index in [1.54, 1.807) is 0 Å². The molecule has 0 radical (unpaired) electrons. The molecule has 3 aromatic rings. The fourth-order valence-electron chi connectivity index (χ4n) is 4.89. The second kappa shape index (κ2) is 6.31. The van der Waals surface area contributed by atoms with E-state index < -0.39 is 5.97 Å². The maximum atomic E-state index is 12.4. The van der Waals surface area contributed by atoms with E-state index in [2.05, 4.69) is 4.90 Å². The van der Waals surface area contributed by atoms with Crippen LogP contribution in [-0.2, 0) is 4.74 Å². The number of fused-ring (bicyclic) bond motifs is 2. The molecule has 1 aliphatic heterocycles. The Kier molecular flexibility index (Phi) is 3.70. The lowest BCUT2D eigenvalue weighted by Gasteiger charge is -2.26. The van der Waals surface area contributed by atoms with Crippen molar-refractivity contribution in [2.24, 2.45) is 11.8 Å². The quantitative estimate of drug-likeness (QED) is 0.634. The third kappa shape index (κ3) is 2.65. The molecule has 6 heteroatoms. The second-order valence-corrected chi connectivity index (χ2v) is 8.64. The van der Waals surface area contributed by atoms with Crippen LogP contribution >= 0.6 is 0 Å². The van der Waals surface area contributed by atoms with Gasteiger partial charge in [-0.25, -0.2) is 14.5 Å². The molecule has 3 fully saturated rings. The van der Waals surface area contributed by atoms with Gasteiger partial charge in [0.05, 0.1) is 29.6 Å². The lowest BCUT2D eigenvalue weighted by atomic mass is 9.82. The summed E-state index contributed by atoms with van der Waals surface area (Å²) >= 11 is 0. The highest BCUT2D eigenvalue weighted by molar-refractivity contribution is 5.99. The van der Waals surface area contributed by atoms with Crippen molar-refractivity contribution in [2.45, 2.75) is 31.6 Å². The number of nitrogens with zero attached hydrogens (tertiary/aromatic N) is 4. The van der Waals surface area contributed by atoms with Gasteiger partial charge in [0.15, 0.2) is 11.3 Å². The van der Waals surface area contributed by atoms with Gasteiger partial charge < -0.3 is 9.64 Å². The van der Waals surface area contributed by atoms with Crippen molar-refractivity contribution in [1.82, 2.24) is 14.8 Å². The standard InChI is InChI=1S/C23H24N4O2/c1-29-23(28)18-11-19(26-12-15-10-16(15)13-26)20-21(14-6-5-7-14)25-27(22(20)24-18)17-8-3-2-4-9-17/h2-4,8-9,11,14-16H,5-7,10,12-13H2,1H3. The molecule has 148 valence electrons. The van der Waals surface area contributed by atoms with Gasteiger partial charge in [-0.2, -0.15) is 5.10 Å². The van der Waals surface area contributed by atoms with Crippen LogP contribution in [0, 0.1) is 11.8 Å². The Morgan fingerprint density at radius 3 is 2.55 bits per heavy atom. The number of carbonyl (C=O) groups is 1. The molecular formula is C23H24N4O2. The van der Waals surface area contributed by atoms with E-state index in [0.717, 1.165) is 53.0 Å². The summed E-state index contributed by atoms with van der Waals surface area (Å²) in [7, 11) is 1.41. The molecule has 6 nitrogen and oxygen atoms in total. The average Bonchev–Trinajstić information content (AvgIpc) is 3.16. The molecule has 3 heterocycles.